The predicted octanol–water partition coefficient (Wildman–Crippen LogP) is 6.43. The van der Waals surface area contributed by atoms with Gasteiger partial charge < -0.3 is 0 Å². The van der Waals surface area contributed by atoms with Crippen LogP contribution in [0.1, 0.15) is 96.8 Å². The van der Waals surface area contributed by atoms with E-state index in [0.29, 0.717) is 0 Å². The normalized spacial score (nSPS) is 11.0. The first-order chi connectivity index (χ1) is 8.41. The Kier molecular flexibility index (Phi) is 17.2. The van der Waals surface area contributed by atoms with Gasteiger partial charge in [0.1, 0.15) is 0 Å². The zero-order chi connectivity index (χ0) is 12.6. The predicted molar refractivity (Wildman–Crippen MR) is 75.1 cm³/mol. The standard InChI is InChI=1S/C16H33.Zn/c1-3-5-7-9-11-13-15-16-14-12-10-8-6-4-2;/h1,3-16H2,2H3;. The Labute approximate surface area is 120 Å². The van der Waals surface area contributed by atoms with Gasteiger partial charge in [-0.15, -0.1) is 0 Å². The first kappa shape index (κ1) is 17.6. The first-order valence-corrected chi connectivity index (χ1v) is 10.3. The maximum absolute atomic E-state index is 2.29. The molecule has 0 heterocycles. The molecule has 0 aliphatic carbocycles. The molecule has 0 aliphatic rings. The van der Waals surface area contributed by atoms with Crippen LogP contribution in [0, 0.1) is 0 Å². The van der Waals surface area contributed by atoms with Crippen LogP contribution in [0.3, 0.4) is 0 Å². The summed E-state index contributed by atoms with van der Waals surface area (Å²) in [4.78, 5) is 0. The van der Waals surface area contributed by atoms with Gasteiger partial charge in [0, 0.05) is 0 Å². The van der Waals surface area contributed by atoms with Crippen molar-refractivity contribution in [2.24, 2.45) is 0 Å². The van der Waals surface area contributed by atoms with Gasteiger partial charge in [-0.1, -0.05) is 26.2 Å². The molecule has 0 aliphatic heterocycles. The van der Waals surface area contributed by atoms with Crippen LogP contribution in [0.2, 0.25) is 5.02 Å². The Morgan fingerprint density at radius 1 is 0.471 bits per heavy atom. The third-order valence-electron chi connectivity index (χ3n) is 3.60. The number of unbranched alkanes of at least 4 members (excludes halogenated alkanes) is 13. The van der Waals surface area contributed by atoms with Crippen molar-refractivity contribution in [3.8, 4) is 0 Å². The molecule has 17 heavy (non-hydrogen) atoms. The van der Waals surface area contributed by atoms with Gasteiger partial charge in [-0.05, 0) is 0 Å². The summed E-state index contributed by atoms with van der Waals surface area (Å²) >= 11 is 1.50. The Morgan fingerprint density at radius 2 is 0.765 bits per heavy atom. The summed E-state index contributed by atoms with van der Waals surface area (Å²) in [6.45, 7) is 2.29. The van der Waals surface area contributed by atoms with Crippen molar-refractivity contribution in [2.45, 2.75) is 102 Å². The van der Waals surface area contributed by atoms with Gasteiger partial charge in [0.2, 0.25) is 0 Å². The van der Waals surface area contributed by atoms with E-state index in [9.17, 15) is 0 Å². The monoisotopic (exact) mass is 289 g/mol. The number of hydrogen-bond donors (Lipinski definition) is 0. The van der Waals surface area contributed by atoms with Crippen molar-refractivity contribution in [3.63, 3.8) is 0 Å². The molecule has 0 nitrogen and oxygen atoms in total. The summed E-state index contributed by atoms with van der Waals surface area (Å²) in [7, 11) is 0. The minimum absolute atomic E-state index is 1.38. The second-order valence-corrected chi connectivity index (χ2v) is 6.93. The van der Waals surface area contributed by atoms with Crippen molar-refractivity contribution in [2.75, 3.05) is 0 Å². The molecule has 0 saturated carbocycles. The minimum atomic E-state index is 1.38. The molecule has 0 saturated heterocycles. The molecule has 0 aromatic carbocycles. The summed E-state index contributed by atoms with van der Waals surface area (Å²) in [6, 6.07) is 0. The topological polar surface area (TPSA) is 0 Å². The summed E-state index contributed by atoms with van der Waals surface area (Å²) in [5, 5.41) is 1.50. The van der Waals surface area contributed by atoms with E-state index in [1.165, 1.54) is 113 Å². The Balaban J connectivity index is 2.85. The van der Waals surface area contributed by atoms with E-state index < -0.39 is 0 Å². The number of rotatable bonds is 14. The van der Waals surface area contributed by atoms with Crippen LogP contribution in [-0.2, 0) is 18.3 Å². The first-order valence-electron chi connectivity index (χ1n) is 8.21. The molecule has 0 atom stereocenters. The van der Waals surface area contributed by atoms with Crippen molar-refractivity contribution in [3.05, 3.63) is 0 Å². The average molecular weight is 291 g/mol. The van der Waals surface area contributed by atoms with Gasteiger partial charge in [0.15, 0.2) is 0 Å². The van der Waals surface area contributed by atoms with Crippen LogP contribution < -0.4 is 0 Å². The van der Waals surface area contributed by atoms with E-state index >= 15 is 0 Å². The van der Waals surface area contributed by atoms with E-state index in [4.69, 9.17) is 0 Å². The van der Waals surface area contributed by atoms with E-state index in [2.05, 4.69) is 6.92 Å². The Morgan fingerprint density at radius 3 is 1.06 bits per heavy atom. The summed E-state index contributed by atoms with van der Waals surface area (Å²) in [5.41, 5.74) is 0. The molecule has 0 bridgehead atoms. The van der Waals surface area contributed by atoms with E-state index in [1.807, 2.05) is 0 Å². The summed E-state index contributed by atoms with van der Waals surface area (Å²) in [5.74, 6) is 0. The maximum atomic E-state index is 2.29. The molecule has 0 spiro atoms. The fourth-order valence-corrected chi connectivity index (χ4v) is 3.11. The van der Waals surface area contributed by atoms with Crippen LogP contribution in [0.5, 0.6) is 0 Å². The third kappa shape index (κ3) is 16.6. The van der Waals surface area contributed by atoms with Crippen molar-refractivity contribution in [1.82, 2.24) is 0 Å². The van der Waals surface area contributed by atoms with E-state index in [-0.39, 0.29) is 0 Å². The molecule has 0 fully saturated rings. The van der Waals surface area contributed by atoms with Gasteiger partial charge in [0.05, 0.1) is 0 Å². The quantitative estimate of drug-likeness (QED) is 0.255. The van der Waals surface area contributed by atoms with Crippen LogP contribution in [0.15, 0.2) is 0 Å². The molecule has 0 unspecified atom stereocenters. The fraction of sp³-hybridized carbons (Fsp3) is 1.00. The number of hydrogen-bond acceptors (Lipinski definition) is 0. The molecular weight excluding hydrogens is 258 g/mol. The summed E-state index contributed by atoms with van der Waals surface area (Å²) in [6.07, 6.45) is 20.7. The SMILES string of the molecule is CCCCCCCCCCCCCCC[CH2][Zn]. The van der Waals surface area contributed by atoms with Gasteiger partial charge >= 0.3 is 93.9 Å². The zero-order valence-electron chi connectivity index (χ0n) is 12.3. The molecule has 0 aromatic rings. The Hall–Kier alpha value is 0.623. The molecule has 0 N–H and O–H groups in total. The molecular formula is C16H33Zn. The van der Waals surface area contributed by atoms with Crippen molar-refractivity contribution in [1.29, 1.82) is 0 Å². The molecule has 0 aromatic heterocycles. The van der Waals surface area contributed by atoms with Gasteiger partial charge in [-0.3, -0.25) is 0 Å². The Bertz CT molecular complexity index is 109. The average Bonchev–Trinajstić information content (AvgIpc) is 2.35. The fourth-order valence-electron chi connectivity index (χ4n) is 2.37. The van der Waals surface area contributed by atoms with Gasteiger partial charge in [-0.2, -0.15) is 0 Å². The van der Waals surface area contributed by atoms with Crippen molar-refractivity contribution >= 4 is 0 Å². The van der Waals surface area contributed by atoms with E-state index in [1.54, 1.807) is 0 Å². The van der Waals surface area contributed by atoms with Crippen molar-refractivity contribution < 1.29 is 18.3 Å². The second-order valence-electron chi connectivity index (χ2n) is 5.45. The van der Waals surface area contributed by atoms with Gasteiger partial charge in [0.25, 0.3) is 0 Å². The zero-order valence-corrected chi connectivity index (χ0v) is 15.3. The molecule has 0 amide bonds. The van der Waals surface area contributed by atoms with Gasteiger partial charge in [-0.25, -0.2) is 0 Å². The van der Waals surface area contributed by atoms with E-state index in [0.717, 1.165) is 0 Å². The molecule has 1 heteroatoms. The molecule has 0 radical (unpaired) electrons. The third-order valence-corrected chi connectivity index (χ3v) is 4.65. The second kappa shape index (κ2) is 16.6. The van der Waals surface area contributed by atoms with Crippen LogP contribution >= 0.6 is 0 Å². The van der Waals surface area contributed by atoms with Crippen LogP contribution in [0.4, 0.5) is 0 Å². The molecule has 0 rings (SSSR count). The molecule has 99 valence electrons. The van der Waals surface area contributed by atoms with Crippen LogP contribution in [-0.4, -0.2) is 0 Å². The summed E-state index contributed by atoms with van der Waals surface area (Å²) < 4.78 is 0. The van der Waals surface area contributed by atoms with Crippen LogP contribution in [0.25, 0.3) is 0 Å².